The van der Waals surface area contributed by atoms with Crippen LogP contribution in [0.2, 0.25) is 0 Å². The highest BCUT2D eigenvalue weighted by Crippen LogP contribution is 2.41. The SMILES string of the molecule is CC.COc1ccc(Cn2cc(-c3cccc(C(=O)NC4CC4)c3)c3c(c2=O)NC2NC=C(C)C=C32)cc1.[HH].[HH]. The van der Waals surface area contributed by atoms with Crippen LogP contribution in [0.1, 0.15) is 58.0 Å². The molecule has 0 saturated heterocycles. The molecule has 200 valence electrons. The summed E-state index contributed by atoms with van der Waals surface area (Å²) in [7, 11) is 1.63. The molecular formula is C31H38N4O3. The summed E-state index contributed by atoms with van der Waals surface area (Å²) < 4.78 is 7.01. The van der Waals surface area contributed by atoms with Crippen molar-refractivity contribution in [3.63, 3.8) is 0 Å². The molecule has 1 aromatic heterocycles. The minimum atomic E-state index is -0.173. The van der Waals surface area contributed by atoms with Crippen molar-refractivity contribution in [2.75, 3.05) is 12.4 Å². The van der Waals surface area contributed by atoms with Crippen LogP contribution in [0.4, 0.5) is 5.69 Å². The number of carbonyl (C=O) groups excluding carboxylic acids is 1. The summed E-state index contributed by atoms with van der Waals surface area (Å²) in [5, 5.41) is 9.82. The number of allylic oxidation sites excluding steroid dienone is 2. The van der Waals surface area contributed by atoms with Crippen LogP contribution < -0.4 is 26.2 Å². The zero-order chi connectivity index (χ0) is 26.8. The first kappa shape index (κ1) is 25.4. The van der Waals surface area contributed by atoms with Gasteiger partial charge in [-0.2, -0.15) is 0 Å². The second kappa shape index (κ2) is 10.6. The van der Waals surface area contributed by atoms with Crippen molar-refractivity contribution < 1.29 is 12.4 Å². The van der Waals surface area contributed by atoms with Crippen LogP contribution in [0.5, 0.6) is 5.75 Å². The Kier molecular flexibility index (Phi) is 7.09. The van der Waals surface area contributed by atoms with Crippen LogP contribution in [0, 0.1) is 0 Å². The van der Waals surface area contributed by atoms with Crippen LogP contribution in [-0.2, 0) is 6.54 Å². The lowest BCUT2D eigenvalue weighted by atomic mass is 9.93. The predicted molar refractivity (Wildman–Crippen MR) is 157 cm³/mol. The average molecular weight is 515 g/mol. The Morgan fingerprint density at radius 2 is 1.92 bits per heavy atom. The highest BCUT2D eigenvalue weighted by molar-refractivity contribution is 5.99. The summed E-state index contributed by atoms with van der Waals surface area (Å²) in [4.78, 5) is 26.4. The van der Waals surface area contributed by atoms with Crippen molar-refractivity contribution in [1.29, 1.82) is 0 Å². The Balaban J connectivity index is 0.00000108. The number of hydrogen-bond donors (Lipinski definition) is 3. The summed E-state index contributed by atoms with van der Waals surface area (Å²) in [6.45, 7) is 6.45. The molecule has 1 saturated carbocycles. The number of amides is 1. The van der Waals surface area contributed by atoms with E-state index in [4.69, 9.17) is 4.74 Å². The third-order valence-corrected chi connectivity index (χ3v) is 6.89. The average Bonchev–Trinajstić information content (AvgIpc) is 3.69. The van der Waals surface area contributed by atoms with Crippen LogP contribution in [0.3, 0.4) is 0 Å². The van der Waals surface area contributed by atoms with E-state index in [1.807, 2.05) is 81.7 Å². The van der Waals surface area contributed by atoms with Gasteiger partial charge in [0.2, 0.25) is 0 Å². The molecule has 1 atom stereocenters. The number of nitrogens with one attached hydrogen (secondary N) is 3. The van der Waals surface area contributed by atoms with Gasteiger partial charge in [0.25, 0.3) is 11.5 Å². The molecule has 1 aliphatic carbocycles. The second-order valence-electron chi connectivity index (χ2n) is 9.63. The molecule has 3 N–H and O–H groups in total. The first-order valence-corrected chi connectivity index (χ1v) is 13.2. The van der Waals surface area contributed by atoms with Crippen molar-refractivity contribution in [3.05, 3.63) is 99.6 Å². The van der Waals surface area contributed by atoms with E-state index in [0.29, 0.717) is 17.8 Å². The van der Waals surface area contributed by atoms with Crippen LogP contribution in [0.25, 0.3) is 16.7 Å². The Morgan fingerprint density at radius 3 is 2.63 bits per heavy atom. The minimum Gasteiger partial charge on any atom is -0.497 e. The minimum absolute atomic E-state index is 0. The number of pyridine rings is 1. The molecule has 1 fully saturated rings. The van der Waals surface area contributed by atoms with E-state index in [1.165, 1.54) is 0 Å². The summed E-state index contributed by atoms with van der Waals surface area (Å²) in [5.41, 5.74) is 6.91. The van der Waals surface area contributed by atoms with Gasteiger partial charge in [0.15, 0.2) is 0 Å². The van der Waals surface area contributed by atoms with Crippen molar-refractivity contribution in [3.8, 4) is 16.9 Å². The van der Waals surface area contributed by atoms with Crippen LogP contribution in [-0.4, -0.2) is 29.8 Å². The van der Waals surface area contributed by atoms with Crippen LogP contribution >= 0.6 is 0 Å². The molecule has 0 radical (unpaired) electrons. The van der Waals surface area contributed by atoms with E-state index in [-0.39, 0.29) is 26.5 Å². The monoisotopic (exact) mass is 514 g/mol. The zero-order valence-electron chi connectivity index (χ0n) is 22.3. The zero-order valence-corrected chi connectivity index (χ0v) is 22.3. The molecule has 1 amide bonds. The summed E-state index contributed by atoms with van der Waals surface area (Å²) in [6, 6.07) is 15.7. The predicted octanol–water partition coefficient (Wildman–Crippen LogP) is 5.62. The Labute approximate surface area is 226 Å². The first-order valence-electron chi connectivity index (χ1n) is 13.2. The van der Waals surface area contributed by atoms with E-state index >= 15 is 0 Å². The number of fused-ring (bicyclic) bond motifs is 3. The van der Waals surface area contributed by atoms with Crippen molar-refractivity contribution in [2.45, 2.75) is 52.4 Å². The smallest absolute Gasteiger partial charge is 0.274 e. The summed E-state index contributed by atoms with van der Waals surface area (Å²) in [6.07, 6.45) is 7.88. The van der Waals surface area contributed by atoms with E-state index in [0.717, 1.165) is 52.0 Å². The molecule has 38 heavy (non-hydrogen) atoms. The number of dihydropyridines is 1. The lowest BCUT2D eigenvalue weighted by Crippen LogP contribution is -2.33. The normalized spacial score (nSPS) is 16.9. The Bertz CT molecular complexity index is 1490. The molecule has 2 aliphatic heterocycles. The van der Waals surface area contributed by atoms with Gasteiger partial charge in [-0.15, -0.1) is 0 Å². The Hall–Kier alpha value is -4.26. The molecular weight excluding hydrogens is 476 g/mol. The molecule has 3 heterocycles. The number of methoxy groups -OCH3 is 1. The van der Waals surface area contributed by atoms with Gasteiger partial charge < -0.3 is 25.3 Å². The lowest BCUT2D eigenvalue weighted by Gasteiger charge is -2.19. The van der Waals surface area contributed by atoms with E-state index < -0.39 is 0 Å². The maximum Gasteiger partial charge on any atom is 0.274 e. The maximum absolute atomic E-state index is 13.6. The lowest BCUT2D eigenvalue weighted by molar-refractivity contribution is 0.0951. The number of aromatic nitrogens is 1. The van der Waals surface area contributed by atoms with Gasteiger partial charge in [-0.1, -0.05) is 44.2 Å². The maximum atomic E-state index is 13.6. The van der Waals surface area contributed by atoms with E-state index in [2.05, 4.69) is 22.0 Å². The van der Waals surface area contributed by atoms with E-state index in [9.17, 15) is 9.59 Å². The van der Waals surface area contributed by atoms with Gasteiger partial charge in [-0.05, 0) is 60.7 Å². The number of hydrogen-bond acceptors (Lipinski definition) is 5. The number of ether oxygens (including phenoxy) is 1. The number of anilines is 1. The van der Waals surface area contributed by atoms with Crippen molar-refractivity contribution >= 4 is 17.2 Å². The van der Waals surface area contributed by atoms with Crippen LogP contribution in [0.15, 0.2) is 77.4 Å². The molecule has 3 aliphatic rings. The molecule has 3 aromatic rings. The fourth-order valence-corrected chi connectivity index (χ4v) is 4.84. The topological polar surface area (TPSA) is 84.4 Å². The molecule has 7 nitrogen and oxygen atoms in total. The van der Waals surface area contributed by atoms with Gasteiger partial charge in [0.1, 0.15) is 17.6 Å². The number of rotatable bonds is 6. The highest BCUT2D eigenvalue weighted by atomic mass is 16.5. The molecule has 0 spiro atoms. The van der Waals surface area contributed by atoms with Crippen molar-refractivity contribution in [2.24, 2.45) is 0 Å². The van der Waals surface area contributed by atoms with E-state index in [1.54, 1.807) is 11.7 Å². The number of carbonyl (C=O) groups is 1. The molecule has 6 rings (SSSR count). The first-order chi connectivity index (χ1) is 18.5. The summed E-state index contributed by atoms with van der Waals surface area (Å²) >= 11 is 0. The van der Waals surface area contributed by atoms with Gasteiger partial charge in [0.05, 0.1) is 13.7 Å². The molecule has 1 unspecified atom stereocenters. The molecule has 7 heteroatoms. The third-order valence-electron chi connectivity index (χ3n) is 6.89. The Morgan fingerprint density at radius 1 is 1.16 bits per heavy atom. The van der Waals surface area contributed by atoms with Crippen molar-refractivity contribution in [1.82, 2.24) is 15.2 Å². The standard InChI is InChI=1S/C29H28N4O3.C2H6.2H2/c1-17-12-23-25-24(19-4-3-5-20(13-19)28(34)31-21-8-9-21)16-33(15-18-6-10-22(36-2)11-7-18)29(35)26(25)32-27(23)30-14-17;1-2;;/h3-7,10-14,16,21,27,30,32H,8-9,15H2,1-2H3,(H,31,34);1-2H3;2*1H. The van der Waals surface area contributed by atoms with Gasteiger partial charge in [-0.3, -0.25) is 9.59 Å². The fraction of sp³-hybridized carbons (Fsp3) is 0.290. The number of nitrogens with zero attached hydrogens (tertiary/aromatic N) is 1. The fourth-order valence-electron chi connectivity index (χ4n) is 4.84. The largest absolute Gasteiger partial charge is 0.497 e. The van der Waals surface area contributed by atoms with Gasteiger partial charge in [-0.25, -0.2) is 0 Å². The second-order valence-corrected chi connectivity index (χ2v) is 9.63. The van der Waals surface area contributed by atoms with Gasteiger partial charge >= 0.3 is 0 Å². The molecule has 0 bridgehead atoms. The summed E-state index contributed by atoms with van der Waals surface area (Å²) in [5.74, 6) is 0.713. The quantitative estimate of drug-likeness (QED) is 0.397. The molecule has 2 aromatic carbocycles. The number of benzene rings is 2. The highest BCUT2D eigenvalue weighted by Gasteiger charge is 2.33. The van der Waals surface area contributed by atoms with Gasteiger partial charge in [0, 0.05) is 43.6 Å². The third kappa shape index (κ3) is 4.96.